The van der Waals surface area contributed by atoms with Gasteiger partial charge in [-0.2, -0.15) is 0 Å². The van der Waals surface area contributed by atoms with Crippen LogP contribution in [-0.4, -0.2) is 25.3 Å². The normalized spacial score (nSPS) is 10.6. The molecule has 1 amide bonds. The van der Waals surface area contributed by atoms with Gasteiger partial charge in [0.2, 0.25) is 0 Å². The van der Waals surface area contributed by atoms with E-state index in [1.54, 1.807) is 35.2 Å². The molecule has 28 heavy (non-hydrogen) atoms. The summed E-state index contributed by atoms with van der Waals surface area (Å²) in [5.74, 6) is 0.672. The molecule has 0 radical (unpaired) electrons. The van der Waals surface area contributed by atoms with E-state index >= 15 is 0 Å². The first kappa shape index (κ1) is 20.3. The quantitative estimate of drug-likeness (QED) is 0.399. The zero-order valence-corrected chi connectivity index (χ0v) is 17.7. The van der Waals surface area contributed by atoms with E-state index < -0.39 is 0 Å². The highest BCUT2D eigenvalue weighted by molar-refractivity contribution is 8.00. The number of rotatable bonds is 8. The molecule has 0 bridgehead atoms. The summed E-state index contributed by atoms with van der Waals surface area (Å²) in [7, 11) is 0. The molecule has 2 aromatic carbocycles. The Morgan fingerprint density at radius 3 is 2.68 bits per heavy atom. The molecule has 0 atom stereocenters. The molecule has 0 saturated carbocycles. The maximum absolute atomic E-state index is 12.1. The van der Waals surface area contributed by atoms with Gasteiger partial charge in [0, 0.05) is 11.1 Å². The van der Waals surface area contributed by atoms with E-state index in [1.165, 1.54) is 9.77 Å². The largest absolute Gasteiger partial charge is 0.492 e. The third-order valence-electron chi connectivity index (χ3n) is 4.35. The van der Waals surface area contributed by atoms with Crippen molar-refractivity contribution in [1.82, 2.24) is 5.32 Å². The number of ether oxygens (including phenoxy) is 1. The van der Waals surface area contributed by atoms with Crippen LogP contribution in [0.25, 0.3) is 11.1 Å². The monoisotopic (exact) mass is 412 g/mol. The Hall–Kier alpha value is -2.44. The second-order valence-corrected chi connectivity index (χ2v) is 8.29. The predicted molar refractivity (Wildman–Crippen MR) is 120 cm³/mol. The topological polar surface area (TPSA) is 64.3 Å². The lowest BCUT2D eigenvalue weighted by Gasteiger charge is -2.10. The number of nitrogens with one attached hydrogen (secondary N) is 1. The van der Waals surface area contributed by atoms with E-state index in [2.05, 4.69) is 24.6 Å². The molecule has 0 aliphatic rings. The lowest BCUT2D eigenvalue weighted by atomic mass is 10.0. The fourth-order valence-corrected chi connectivity index (χ4v) is 5.04. The van der Waals surface area contributed by atoms with Crippen molar-refractivity contribution in [2.45, 2.75) is 17.6 Å². The number of benzene rings is 2. The van der Waals surface area contributed by atoms with Gasteiger partial charge in [-0.05, 0) is 48.1 Å². The number of nitrogen functional groups attached to an aromatic ring is 1. The van der Waals surface area contributed by atoms with Crippen molar-refractivity contribution in [2.24, 2.45) is 0 Å². The number of anilines is 1. The Morgan fingerprint density at radius 1 is 1.18 bits per heavy atom. The van der Waals surface area contributed by atoms with Crippen LogP contribution in [0.3, 0.4) is 0 Å². The summed E-state index contributed by atoms with van der Waals surface area (Å²) in [6.07, 6.45) is 3.02. The minimum Gasteiger partial charge on any atom is -0.492 e. The lowest BCUT2D eigenvalue weighted by molar-refractivity contribution is 0.0947. The van der Waals surface area contributed by atoms with Gasteiger partial charge in [-0.25, -0.2) is 0 Å². The second kappa shape index (κ2) is 9.66. The van der Waals surface area contributed by atoms with Gasteiger partial charge in [0.1, 0.15) is 12.4 Å². The molecule has 1 aromatic heterocycles. The van der Waals surface area contributed by atoms with Crippen LogP contribution in [0.15, 0.2) is 58.8 Å². The van der Waals surface area contributed by atoms with Crippen molar-refractivity contribution in [3.63, 3.8) is 0 Å². The van der Waals surface area contributed by atoms with Crippen molar-refractivity contribution in [3.8, 4) is 16.9 Å². The van der Waals surface area contributed by atoms with Crippen molar-refractivity contribution in [3.05, 3.63) is 65.7 Å². The van der Waals surface area contributed by atoms with Crippen molar-refractivity contribution < 1.29 is 9.53 Å². The summed E-state index contributed by atoms with van der Waals surface area (Å²) in [6.45, 7) is 2.99. The SMILES string of the molecule is CCc1c(SC)sc(N)c1-c1cccc(OCCNC(=O)c2ccccc2)c1. The number of hydrogen-bond donors (Lipinski definition) is 2. The summed E-state index contributed by atoms with van der Waals surface area (Å²) >= 11 is 3.38. The average Bonchev–Trinajstić information content (AvgIpc) is 3.07. The Balaban J connectivity index is 1.63. The fourth-order valence-electron chi connectivity index (χ4n) is 3.03. The van der Waals surface area contributed by atoms with Crippen LogP contribution in [0.4, 0.5) is 5.00 Å². The lowest BCUT2D eigenvalue weighted by Crippen LogP contribution is -2.28. The molecule has 146 valence electrons. The van der Waals surface area contributed by atoms with Gasteiger partial charge >= 0.3 is 0 Å². The average molecular weight is 413 g/mol. The molecule has 3 N–H and O–H groups in total. The van der Waals surface area contributed by atoms with Crippen LogP contribution < -0.4 is 15.8 Å². The fraction of sp³-hybridized carbons (Fsp3) is 0.227. The van der Waals surface area contributed by atoms with Crippen molar-refractivity contribution in [1.29, 1.82) is 0 Å². The number of hydrogen-bond acceptors (Lipinski definition) is 5. The van der Waals surface area contributed by atoms with Gasteiger partial charge < -0.3 is 15.8 Å². The molecule has 3 aromatic rings. The van der Waals surface area contributed by atoms with E-state index in [4.69, 9.17) is 10.5 Å². The second-order valence-electron chi connectivity index (χ2n) is 6.16. The Kier molecular flexibility index (Phi) is 7.01. The van der Waals surface area contributed by atoms with Gasteiger partial charge in [0.25, 0.3) is 5.91 Å². The van der Waals surface area contributed by atoms with E-state index in [0.29, 0.717) is 18.7 Å². The number of thioether (sulfide) groups is 1. The minimum absolute atomic E-state index is 0.0961. The van der Waals surface area contributed by atoms with Gasteiger partial charge in [0.15, 0.2) is 0 Å². The molecule has 6 heteroatoms. The highest BCUT2D eigenvalue weighted by atomic mass is 32.2. The van der Waals surface area contributed by atoms with Gasteiger partial charge in [-0.15, -0.1) is 23.1 Å². The first-order valence-corrected chi connectivity index (χ1v) is 11.2. The number of nitrogens with two attached hydrogens (primary N) is 1. The Bertz CT molecular complexity index is 939. The van der Waals surface area contributed by atoms with Crippen LogP contribution >= 0.6 is 23.1 Å². The van der Waals surface area contributed by atoms with Gasteiger partial charge in [0.05, 0.1) is 15.8 Å². The standard InChI is InChI=1S/C22H24N2O2S2/c1-3-18-19(20(23)28-22(18)27-2)16-10-7-11-17(14-16)26-13-12-24-21(25)15-8-5-4-6-9-15/h4-11,14H,3,12-13,23H2,1-2H3,(H,24,25). The predicted octanol–water partition coefficient (Wildman–Crippen LogP) is 5.09. The zero-order chi connectivity index (χ0) is 19.9. The van der Waals surface area contributed by atoms with E-state index in [1.807, 2.05) is 36.4 Å². The number of amides is 1. The minimum atomic E-state index is -0.0961. The molecule has 0 unspecified atom stereocenters. The summed E-state index contributed by atoms with van der Waals surface area (Å²) in [5, 5.41) is 3.71. The smallest absolute Gasteiger partial charge is 0.251 e. The summed E-state index contributed by atoms with van der Waals surface area (Å²) < 4.78 is 7.11. The van der Waals surface area contributed by atoms with Crippen molar-refractivity contribution >= 4 is 34.0 Å². The Morgan fingerprint density at radius 2 is 1.96 bits per heavy atom. The number of thiophene rings is 1. The van der Waals surface area contributed by atoms with Crippen molar-refractivity contribution in [2.75, 3.05) is 25.1 Å². The van der Waals surface area contributed by atoms with Crippen LogP contribution in [0, 0.1) is 0 Å². The number of carbonyl (C=O) groups is 1. The molecule has 0 saturated heterocycles. The van der Waals surface area contributed by atoms with Crippen LogP contribution in [0.2, 0.25) is 0 Å². The summed E-state index contributed by atoms with van der Waals surface area (Å²) in [5.41, 5.74) is 10.4. The molecule has 0 aliphatic carbocycles. The van der Waals surface area contributed by atoms with E-state index in [9.17, 15) is 4.79 Å². The molecule has 0 aliphatic heterocycles. The van der Waals surface area contributed by atoms with Crippen LogP contribution in [0.5, 0.6) is 5.75 Å². The highest BCUT2D eigenvalue weighted by Gasteiger charge is 2.16. The third-order valence-corrected chi connectivity index (χ3v) is 6.57. The maximum Gasteiger partial charge on any atom is 0.251 e. The number of carbonyl (C=O) groups excluding carboxylic acids is 1. The van der Waals surface area contributed by atoms with E-state index in [-0.39, 0.29) is 5.91 Å². The molecule has 4 nitrogen and oxygen atoms in total. The van der Waals surface area contributed by atoms with Crippen LogP contribution in [-0.2, 0) is 6.42 Å². The molecule has 3 rings (SSSR count). The molecule has 1 heterocycles. The zero-order valence-electron chi connectivity index (χ0n) is 16.0. The van der Waals surface area contributed by atoms with Gasteiger partial charge in [-0.1, -0.05) is 37.3 Å². The molecular formula is C22H24N2O2S2. The summed E-state index contributed by atoms with van der Waals surface area (Å²) in [4.78, 5) is 12.1. The molecule has 0 fully saturated rings. The van der Waals surface area contributed by atoms with E-state index in [0.717, 1.165) is 28.3 Å². The first-order chi connectivity index (χ1) is 13.6. The highest BCUT2D eigenvalue weighted by Crippen LogP contribution is 2.43. The van der Waals surface area contributed by atoms with Gasteiger partial charge in [-0.3, -0.25) is 4.79 Å². The first-order valence-electron chi connectivity index (χ1n) is 9.15. The molecular weight excluding hydrogens is 388 g/mol. The Labute approximate surface area is 174 Å². The maximum atomic E-state index is 12.1. The summed E-state index contributed by atoms with van der Waals surface area (Å²) in [6, 6.07) is 17.1. The van der Waals surface area contributed by atoms with Crippen LogP contribution in [0.1, 0.15) is 22.8 Å². The molecule has 0 spiro atoms. The third kappa shape index (κ3) is 4.69.